The van der Waals surface area contributed by atoms with Gasteiger partial charge in [-0.15, -0.1) is 0 Å². The Morgan fingerprint density at radius 3 is 2.86 bits per heavy atom. The first-order valence-corrected chi connectivity index (χ1v) is 6.62. The number of hydrogen-bond donors (Lipinski definition) is 1. The zero-order valence-corrected chi connectivity index (χ0v) is 8.66. The van der Waals surface area contributed by atoms with Crippen LogP contribution in [-0.2, 0) is 14.6 Å². The Balaban J connectivity index is 2.03. The Bertz CT molecular complexity index is 344. The fraction of sp³-hybridized carbons (Fsp3) is 0.778. The molecule has 2 aliphatic heterocycles. The summed E-state index contributed by atoms with van der Waals surface area (Å²) in [6, 6.07) is 0. The van der Waals surface area contributed by atoms with Gasteiger partial charge in [-0.3, -0.25) is 0 Å². The van der Waals surface area contributed by atoms with Gasteiger partial charge in [0.1, 0.15) is 11.9 Å². The van der Waals surface area contributed by atoms with E-state index in [9.17, 15) is 13.5 Å². The van der Waals surface area contributed by atoms with E-state index in [1.807, 2.05) is 6.08 Å². The highest BCUT2D eigenvalue weighted by molar-refractivity contribution is 7.91. The van der Waals surface area contributed by atoms with Crippen LogP contribution in [0.25, 0.3) is 0 Å². The lowest BCUT2D eigenvalue weighted by Crippen LogP contribution is -2.24. The third-order valence-electron chi connectivity index (χ3n) is 2.74. The Hall–Kier alpha value is -0.550. The van der Waals surface area contributed by atoms with E-state index in [2.05, 4.69) is 0 Å². The zero-order chi connectivity index (χ0) is 10.2. The highest BCUT2D eigenvalue weighted by atomic mass is 32.2. The van der Waals surface area contributed by atoms with Crippen molar-refractivity contribution in [3.8, 4) is 0 Å². The van der Waals surface area contributed by atoms with Crippen molar-refractivity contribution < 1.29 is 18.3 Å². The van der Waals surface area contributed by atoms with Crippen molar-refractivity contribution in [3.63, 3.8) is 0 Å². The maximum atomic E-state index is 11.2. The minimum Gasteiger partial charge on any atom is -0.495 e. The second kappa shape index (κ2) is 3.55. The maximum Gasteiger partial charge on any atom is 0.150 e. The standard InChI is InChI=1S/C9H14O4S/c10-9(8-2-1-4-13-8)7-3-5-14(11,12)6-7/h2,7,9-10H,1,3-6H2. The fourth-order valence-electron chi connectivity index (χ4n) is 1.95. The van der Waals surface area contributed by atoms with Crippen molar-refractivity contribution in [2.45, 2.75) is 18.9 Å². The fourth-order valence-corrected chi connectivity index (χ4v) is 3.78. The largest absolute Gasteiger partial charge is 0.495 e. The molecule has 1 N–H and O–H groups in total. The van der Waals surface area contributed by atoms with Crippen molar-refractivity contribution in [1.29, 1.82) is 0 Å². The van der Waals surface area contributed by atoms with Gasteiger partial charge >= 0.3 is 0 Å². The first-order chi connectivity index (χ1) is 6.58. The molecule has 5 heteroatoms. The average molecular weight is 218 g/mol. The molecule has 0 bridgehead atoms. The first-order valence-electron chi connectivity index (χ1n) is 4.80. The van der Waals surface area contributed by atoms with Crippen molar-refractivity contribution in [3.05, 3.63) is 11.8 Å². The summed E-state index contributed by atoms with van der Waals surface area (Å²) in [5, 5.41) is 9.82. The van der Waals surface area contributed by atoms with Gasteiger partial charge in [0.05, 0.1) is 18.1 Å². The molecule has 1 saturated heterocycles. The third kappa shape index (κ3) is 1.93. The normalized spacial score (nSPS) is 32.4. The van der Waals surface area contributed by atoms with Crippen LogP contribution in [0.5, 0.6) is 0 Å². The molecule has 0 radical (unpaired) electrons. The second-order valence-corrected chi connectivity index (χ2v) is 6.08. The van der Waals surface area contributed by atoms with E-state index in [4.69, 9.17) is 4.74 Å². The molecule has 80 valence electrons. The lowest BCUT2D eigenvalue weighted by Gasteiger charge is -2.17. The molecule has 14 heavy (non-hydrogen) atoms. The summed E-state index contributed by atoms with van der Waals surface area (Å²) in [5.74, 6) is 0.674. The topological polar surface area (TPSA) is 63.6 Å². The molecule has 0 aromatic heterocycles. The number of aliphatic hydroxyl groups is 1. The van der Waals surface area contributed by atoms with Crippen LogP contribution in [0.3, 0.4) is 0 Å². The van der Waals surface area contributed by atoms with E-state index in [1.165, 1.54) is 0 Å². The van der Waals surface area contributed by atoms with Crippen LogP contribution in [0.2, 0.25) is 0 Å². The molecule has 0 aromatic rings. The smallest absolute Gasteiger partial charge is 0.150 e. The van der Waals surface area contributed by atoms with Gasteiger partial charge in [0.25, 0.3) is 0 Å². The predicted octanol–water partition coefficient (Wildman–Crippen LogP) is 0.0862. The van der Waals surface area contributed by atoms with Crippen LogP contribution < -0.4 is 0 Å². The Morgan fingerprint density at radius 2 is 2.36 bits per heavy atom. The van der Waals surface area contributed by atoms with Gasteiger partial charge in [-0.25, -0.2) is 8.42 Å². The lowest BCUT2D eigenvalue weighted by molar-refractivity contribution is 0.0824. The summed E-state index contributed by atoms with van der Waals surface area (Å²) in [4.78, 5) is 0. The zero-order valence-electron chi connectivity index (χ0n) is 7.85. The highest BCUT2D eigenvalue weighted by Gasteiger charge is 2.35. The molecule has 2 aliphatic rings. The van der Waals surface area contributed by atoms with Gasteiger partial charge < -0.3 is 9.84 Å². The number of ether oxygens (including phenoxy) is 1. The Kier molecular flexibility index (Phi) is 2.53. The predicted molar refractivity (Wildman–Crippen MR) is 51.4 cm³/mol. The highest BCUT2D eigenvalue weighted by Crippen LogP contribution is 2.27. The van der Waals surface area contributed by atoms with Gasteiger partial charge in [0.2, 0.25) is 0 Å². The Labute approximate surface area is 83.5 Å². The number of aliphatic hydroxyl groups excluding tert-OH is 1. The molecule has 2 atom stereocenters. The number of rotatable bonds is 2. The second-order valence-electron chi connectivity index (χ2n) is 3.85. The summed E-state index contributed by atoms with van der Waals surface area (Å²) in [6.45, 7) is 0.603. The molecule has 0 saturated carbocycles. The Morgan fingerprint density at radius 1 is 1.57 bits per heavy atom. The third-order valence-corrected chi connectivity index (χ3v) is 4.53. The number of sulfone groups is 1. The van der Waals surface area contributed by atoms with Crippen molar-refractivity contribution in [2.24, 2.45) is 5.92 Å². The van der Waals surface area contributed by atoms with Crippen molar-refractivity contribution in [1.82, 2.24) is 0 Å². The molecule has 2 heterocycles. The summed E-state index contributed by atoms with van der Waals surface area (Å²) in [7, 11) is -2.91. The molecule has 2 unspecified atom stereocenters. The average Bonchev–Trinajstić information content (AvgIpc) is 2.72. The van der Waals surface area contributed by atoms with E-state index < -0.39 is 15.9 Å². The van der Waals surface area contributed by atoms with Crippen LogP contribution in [0.1, 0.15) is 12.8 Å². The summed E-state index contributed by atoms with van der Waals surface area (Å²) >= 11 is 0. The summed E-state index contributed by atoms with van der Waals surface area (Å²) in [5.41, 5.74) is 0. The minimum absolute atomic E-state index is 0.0921. The monoisotopic (exact) mass is 218 g/mol. The van der Waals surface area contributed by atoms with E-state index in [0.717, 1.165) is 6.42 Å². The summed E-state index contributed by atoms with van der Waals surface area (Å²) in [6.07, 6.45) is 2.47. The van der Waals surface area contributed by atoms with E-state index in [1.54, 1.807) is 0 Å². The van der Waals surface area contributed by atoms with Gasteiger partial charge in [-0.1, -0.05) is 0 Å². The van der Waals surface area contributed by atoms with Crippen molar-refractivity contribution in [2.75, 3.05) is 18.1 Å². The van der Waals surface area contributed by atoms with E-state index in [-0.39, 0.29) is 17.4 Å². The molecular weight excluding hydrogens is 204 g/mol. The molecule has 4 nitrogen and oxygen atoms in total. The maximum absolute atomic E-state index is 11.2. The van der Waals surface area contributed by atoms with Crippen LogP contribution in [-0.4, -0.2) is 37.7 Å². The SMILES string of the molecule is O=S1(=O)CCC(C(O)C2=CCCO2)C1. The number of hydrogen-bond acceptors (Lipinski definition) is 4. The van der Waals surface area contributed by atoms with Crippen LogP contribution >= 0.6 is 0 Å². The van der Waals surface area contributed by atoms with Crippen molar-refractivity contribution >= 4 is 9.84 Å². The molecule has 0 spiro atoms. The summed E-state index contributed by atoms with van der Waals surface area (Å²) < 4.78 is 27.6. The van der Waals surface area contributed by atoms with Gasteiger partial charge in [-0.2, -0.15) is 0 Å². The van der Waals surface area contributed by atoms with E-state index in [0.29, 0.717) is 18.8 Å². The molecule has 0 aliphatic carbocycles. The van der Waals surface area contributed by atoms with E-state index >= 15 is 0 Å². The van der Waals surface area contributed by atoms with Gasteiger partial charge in [0, 0.05) is 12.3 Å². The quantitative estimate of drug-likeness (QED) is 0.713. The molecule has 1 fully saturated rings. The van der Waals surface area contributed by atoms with Gasteiger partial charge in [0.15, 0.2) is 9.84 Å². The minimum atomic E-state index is -2.91. The van der Waals surface area contributed by atoms with Crippen LogP contribution in [0.4, 0.5) is 0 Å². The molecule has 2 rings (SSSR count). The lowest BCUT2D eigenvalue weighted by atomic mass is 10.0. The van der Waals surface area contributed by atoms with Gasteiger partial charge in [-0.05, 0) is 12.5 Å². The van der Waals surface area contributed by atoms with Crippen LogP contribution in [0.15, 0.2) is 11.8 Å². The first kappa shape index (κ1) is 9.98. The molecule has 0 aromatic carbocycles. The van der Waals surface area contributed by atoms with Crippen LogP contribution in [0, 0.1) is 5.92 Å². The molecule has 0 amide bonds. The molecular formula is C9H14O4S.